The van der Waals surface area contributed by atoms with Gasteiger partial charge in [-0.1, -0.05) is 129 Å². The van der Waals surface area contributed by atoms with Crippen LogP contribution in [0.25, 0.3) is 0 Å². The molecule has 0 saturated carbocycles. The SMILES string of the molecule is CCCCCCCCCCCCc1cc(Oc2ccc(O)c(CCCCCCCCCCCC)c2)ccc1O. The molecule has 0 amide bonds. The van der Waals surface area contributed by atoms with E-state index in [4.69, 9.17) is 4.74 Å². The van der Waals surface area contributed by atoms with Crippen molar-refractivity contribution >= 4 is 0 Å². The van der Waals surface area contributed by atoms with E-state index in [2.05, 4.69) is 13.8 Å². The first kappa shape index (κ1) is 33.0. The van der Waals surface area contributed by atoms with Crippen LogP contribution in [-0.2, 0) is 12.8 Å². The van der Waals surface area contributed by atoms with Crippen LogP contribution in [0.1, 0.15) is 153 Å². The van der Waals surface area contributed by atoms with Gasteiger partial charge < -0.3 is 14.9 Å². The quantitative estimate of drug-likeness (QED) is 0.131. The summed E-state index contributed by atoms with van der Waals surface area (Å²) in [6, 6.07) is 11.1. The van der Waals surface area contributed by atoms with Crippen LogP contribution in [0.15, 0.2) is 36.4 Å². The third-order valence-corrected chi connectivity index (χ3v) is 7.94. The molecule has 0 spiro atoms. The van der Waals surface area contributed by atoms with E-state index >= 15 is 0 Å². The summed E-state index contributed by atoms with van der Waals surface area (Å²) in [6.45, 7) is 4.53. The van der Waals surface area contributed by atoms with E-state index in [0.29, 0.717) is 11.5 Å². The van der Waals surface area contributed by atoms with Gasteiger partial charge in [0.1, 0.15) is 23.0 Å². The molecule has 2 aromatic carbocycles. The number of rotatable bonds is 24. The Morgan fingerprint density at radius 2 is 0.744 bits per heavy atom. The topological polar surface area (TPSA) is 49.7 Å². The number of hydrogen-bond donors (Lipinski definition) is 2. The van der Waals surface area contributed by atoms with Gasteiger partial charge in [0.05, 0.1) is 0 Å². The van der Waals surface area contributed by atoms with Crippen LogP contribution in [-0.4, -0.2) is 10.2 Å². The van der Waals surface area contributed by atoms with Crippen LogP contribution in [0.4, 0.5) is 0 Å². The van der Waals surface area contributed by atoms with Gasteiger partial charge in [-0.15, -0.1) is 0 Å². The average molecular weight is 539 g/mol. The molecule has 0 heterocycles. The molecule has 0 unspecified atom stereocenters. The number of benzene rings is 2. The third-order valence-electron chi connectivity index (χ3n) is 7.94. The zero-order valence-electron chi connectivity index (χ0n) is 25.3. The van der Waals surface area contributed by atoms with E-state index < -0.39 is 0 Å². The second-order valence-corrected chi connectivity index (χ2v) is 11.5. The van der Waals surface area contributed by atoms with Gasteiger partial charge in [0.15, 0.2) is 0 Å². The maximum Gasteiger partial charge on any atom is 0.127 e. The first-order chi connectivity index (χ1) is 19.1. The lowest BCUT2D eigenvalue weighted by Crippen LogP contribution is -1.92. The number of unbranched alkanes of at least 4 members (excludes halogenated alkanes) is 18. The molecule has 2 rings (SSSR count). The lowest BCUT2D eigenvalue weighted by atomic mass is 10.0. The third kappa shape index (κ3) is 15.3. The summed E-state index contributed by atoms with van der Waals surface area (Å²) in [5.74, 6) is 2.19. The molecule has 220 valence electrons. The summed E-state index contributed by atoms with van der Waals surface area (Å²) >= 11 is 0. The van der Waals surface area contributed by atoms with Crippen molar-refractivity contribution in [2.75, 3.05) is 0 Å². The number of phenolic OH excluding ortho intramolecular Hbond substituents is 2. The lowest BCUT2D eigenvalue weighted by molar-refractivity contribution is 0.449. The number of phenols is 2. The van der Waals surface area contributed by atoms with E-state index in [1.165, 1.54) is 116 Å². The number of aromatic hydroxyl groups is 2. The molecule has 0 aliphatic carbocycles. The molecule has 0 aromatic heterocycles. The Balaban J connectivity index is 1.69. The van der Waals surface area contributed by atoms with E-state index in [1.54, 1.807) is 12.1 Å². The van der Waals surface area contributed by atoms with E-state index in [9.17, 15) is 10.2 Å². The highest BCUT2D eigenvalue weighted by molar-refractivity contribution is 5.44. The predicted octanol–water partition coefficient (Wildman–Crippen LogP) is 11.8. The molecule has 0 aliphatic rings. The molecular formula is C36H58O3. The van der Waals surface area contributed by atoms with Crippen LogP contribution < -0.4 is 4.74 Å². The molecule has 2 N–H and O–H groups in total. The molecule has 2 aromatic rings. The molecule has 0 fully saturated rings. The molecule has 0 saturated heterocycles. The van der Waals surface area contributed by atoms with Crippen molar-refractivity contribution in [1.29, 1.82) is 0 Å². The van der Waals surface area contributed by atoms with E-state index in [1.807, 2.05) is 24.3 Å². The average Bonchev–Trinajstić information content (AvgIpc) is 2.94. The molecule has 0 bridgehead atoms. The molecule has 0 radical (unpaired) electrons. The van der Waals surface area contributed by atoms with Crippen LogP contribution in [0.5, 0.6) is 23.0 Å². The van der Waals surface area contributed by atoms with Crippen molar-refractivity contribution < 1.29 is 14.9 Å². The van der Waals surface area contributed by atoms with Gasteiger partial charge in [-0.25, -0.2) is 0 Å². The van der Waals surface area contributed by atoms with Crippen LogP contribution in [0, 0.1) is 0 Å². The zero-order chi connectivity index (χ0) is 28.0. The molecule has 0 atom stereocenters. The van der Waals surface area contributed by atoms with E-state index in [0.717, 1.165) is 48.3 Å². The van der Waals surface area contributed by atoms with Gasteiger partial charge >= 0.3 is 0 Å². The Morgan fingerprint density at radius 3 is 1.08 bits per heavy atom. The summed E-state index contributed by atoms with van der Waals surface area (Å²) in [7, 11) is 0. The standard InChI is InChI=1S/C36H58O3/c1-3-5-7-9-11-13-15-17-19-21-23-31-29-33(25-27-35(31)37)39-34-26-28-36(38)32(30-34)24-22-20-18-16-14-12-10-8-6-4-2/h25-30,37-38H,3-24H2,1-2H3. The Kier molecular flexibility index (Phi) is 18.3. The summed E-state index contributed by atoms with van der Waals surface area (Å²) in [5, 5.41) is 20.7. The normalized spacial score (nSPS) is 11.2. The highest BCUT2D eigenvalue weighted by atomic mass is 16.5. The highest BCUT2D eigenvalue weighted by Crippen LogP contribution is 2.31. The summed E-state index contributed by atoms with van der Waals surface area (Å²) in [6.07, 6.45) is 27.9. The van der Waals surface area contributed by atoms with Gasteiger partial charge in [-0.05, 0) is 73.2 Å². The van der Waals surface area contributed by atoms with Gasteiger partial charge in [-0.2, -0.15) is 0 Å². The van der Waals surface area contributed by atoms with Gasteiger partial charge in [-0.3, -0.25) is 0 Å². The number of aryl methyl sites for hydroxylation is 2. The van der Waals surface area contributed by atoms with Crippen molar-refractivity contribution in [3.63, 3.8) is 0 Å². The summed E-state index contributed by atoms with van der Waals surface area (Å²) < 4.78 is 6.15. The molecule has 39 heavy (non-hydrogen) atoms. The smallest absolute Gasteiger partial charge is 0.127 e. The van der Waals surface area contributed by atoms with Crippen LogP contribution >= 0.6 is 0 Å². The molecule has 3 heteroatoms. The monoisotopic (exact) mass is 538 g/mol. The maximum atomic E-state index is 10.4. The van der Waals surface area contributed by atoms with Crippen molar-refractivity contribution in [3.8, 4) is 23.0 Å². The second kappa shape index (κ2) is 21.6. The lowest BCUT2D eigenvalue weighted by Gasteiger charge is -2.12. The zero-order valence-corrected chi connectivity index (χ0v) is 25.3. The Labute approximate surface area is 240 Å². The largest absolute Gasteiger partial charge is 0.508 e. The van der Waals surface area contributed by atoms with Crippen LogP contribution in [0.3, 0.4) is 0 Å². The minimum absolute atomic E-state index is 0.352. The fourth-order valence-corrected chi connectivity index (χ4v) is 5.39. The molecule has 0 aliphatic heterocycles. The minimum Gasteiger partial charge on any atom is -0.508 e. The van der Waals surface area contributed by atoms with Gasteiger partial charge in [0, 0.05) is 0 Å². The first-order valence-corrected chi connectivity index (χ1v) is 16.5. The summed E-state index contributed by atoms with van der Waals surface area (Å²) in [4.78, 5) is 0. The van der Waals surface area contributed by atoms with Crippen molar-refractivity contribution in [2.45, 2.75) is 155 Å². The van der Waals surface area contributed by atoms with Gasteiger partial charge in [0.25, 0.3) is 0 Å². The maximum absolute atomic E-state index is 10.4. The van der Waals surface area contributed by atoms with Crippen molar-refractivity contribution in [2.24, 2.45) is 0 Å². The second-order valence-electron chi connectivity index (χ2n) is 11.5. The van der Waals surface area contributed by atoms with Crippen molar-refractivity contribution in [1.82, 2.24) is 0 Å². The molecular weight excluding hydrogens is 480 g/mol. The number of hydrogen-bond acceptors (Lipinski definition) is 3. The van der Waals surface area contributed by atoms with E-state index in [-0.39, 0.29) is 0 Å². The number of ether oxygens (including phenoxy) is 1. The highest BCUT2D eigenvalue weighted by Gasteiger charge is 2.08. The van der Waals surface area contributed by atoms with Crippen LogP contribution in [0.2, 0.25) is 0 Å². The minimum atomic E-state index is 0.352. The fraction of sp³-hybridized carbons (Fsp3) is 0.667. The fourth-order valence-electron chi connectivity index (χ4n) is 5.39. The summed E-state index contributed by atoms with van der Waals surface area (Å²) in [5.41, 5.74) is 1.91. The molecule has 3 nitrogen and oxygen atoms in total. The van der Waals surface area contributed by atoms with Crippen molar-refractivity contribution in [3.05, 3.63) is 47.5 Å². The van der Waals surface area contributed by atoms with Gasteiger partial charge in [0.2, 0.25) is 0 Å². The predicted molar refractivity (Wildman–Crippen MR) is 167 cm³/mol. The Morgan fingerprint density at radius 1 is 0.436 bits per heavy atom. The Bertz CT molecular complexity index is 804. The Hall–Kier alpha value is -2.16. The first-order valence-electron chi connectivity index (χ1n) is 16.5.